The van der Waals surface area contributed by atoms with Gasteiger partial charge in [-0.15, -0.1) is 0 Å². The SMILES string of the molecule is COc1ccc(NCc2ccoc2C(=O)O)c(C)c1. The smallest absolute Gasteiger partial charge is 0.372 e. The molecule has 1 aromatic heterocycles. The molecule has 2 rings (SSSR count). The standard InChI is InChI=1S/C14H15NO4/c1-9-7-11(18-2)3-4-12(9)15-8-10-5-6-19-13(10)14(16)17/h3-7,15H,8H2,1-2H3,(H,16,17). The molecule has 5 nitrogen and oxygen atoms in total. The van der Waals surface area contributed by atoms with Crippen molar-refractivity contribution in [3.63, 3.8) is 0 Å². The molecule has 1 heterocycles. The first-order valence-electron chi connectivity index (χ1n) is 5.80. The van der Waals surface area contributed by atoms with Crippen LogP contribution in [-0.2, 0) is 6.54 Å². The Morgan fingerprint density at radius 2 is 2.21 bits per heavy atom. The van der Waals surface area contributed by atoms with Gasteiger partial charge in [0.25, 0.3) is 0 Å². The van der Waals surface area contributed by atoms with E-state index < -0.39 is 5.97 Å². The number of hydrogen-bond acceptors (Lipinski definition) is 4. The maximum atomic E-state index is 10.9. The van der Waals surface area contributed by atoms with Gasteiger partial charge in [-0.25, -0.2) is 4.79 Å². The lowest BCUT2D eigenvalue weighted by molar-refractivity contribution is 0.0661. The summed E-state index contributed by atoms with van der Waals surface area (Å²) in [6.45, 7) is 2.35. The molecular weight excluding hydrogens is 246 g/mol. The zero-order chi connectivity index (χ0) is 13.8. The number of carbonyl (C=O) groups is 1. The van der Waals surface area contributed by atoms with E-state index in [2.05, 4.69) is 5.32 Å². The van der Waals surface area contributed by atoms with Gasteiger partial charge in [-0.3, -0.25) is 0 Å². The number of anilines is 1. The van der Waals surface area contributed by atoms with Gasteiger partial charge in [0.2, 0.25) is 5.76 Å². The molecule has 0 spiro atoms. The lowest BCUT2D eigenvalue weighted by atomic mass is 10.1. The number of methoxy groups -OCH3 is 1. The number of aromatic carboxylic acids is 1. The summed E-state index contributed by atoms with van der Waals surface area (Å²) in [6, 6.07) is 7.31. The minimum absolute atomic E-state index is 0.0290. The summed E-state index contributed by atoms with van der Waals surface area (Å²) in [5.41, 5.74) is 2.57. The molecule has 0 fully saturated rings. The van der Waals surface area contributed by atoms with Crippen LogP contribution in [0.4, 0.5) is 5.69 Å². The normalized spacial score (nSPS) is 10.2. The zero-order valence-electron chi connectivity index (χ0n) is 10.8. The van der Waals surface area contributed by atoms with Crippen molar-refractivity contribution in [1.82, 2.24) is 0 Å². The van der Waals surface area contributed by atoms with E-state index in [1.807, 2.05) is 25.1 Å². The fourth-order valence-electron chi connectivity index (χ4n) is 1.81. The third kappa shape index (κ3) is 2.88. The Morgan fingerprint density at radius 3 is 2.84 bits per heavy atom. The lowest BCUT2D eigenvalue weighted by Crippen LogP contribution is -2.05. The van der Waals surface area contributed by atoms with Crippen molar-refractivity contribution in [3.8, 4) is 5.75 Å². The van der Waals surface area contributed by atoms with E-state index in [4.69, 9.17) is 14.3 Å². The van der Waals surface area contributed by atoms with Crippen LogP contribution >= 0.6 is 0 Å². The van der Waals surface area contributed by atoms with E-state index in [9.17, 15) is 4.79 Å². The Morgan fingerprint density at radius 1 is 1.42 bits per heavy atom. The molecule has 0 aliphatic rings. The number of hydrogen-bond donors (Lipinski definition) is 2. The van der Waals surface area contributed by atoms with Gasteiger partial charge in [-0.2, -0.15) is 0 Å². The number of benzene rings is 1. The summed E-state index contributed by atoms with van der Waals surface area (Å²) in [5, 5.41) is 12.1. The highest BCUT2D eigenvalue weighted by atomic mass is 16.5. The number of aryl methyl sites for hydroxylation is 1. The molecule has 0 amide bonds. The molecule has 0 radical (unpaired) electrons. The summed E-state index contributed by atoms with van der Waals surface area (Å²) < 4.78 is 10.1. The van der Waals surface area contributed by atoms with Gasteiger partial charge in [0, 0.05) is 17.8 Å². The molecule has 100 valence electrons. The molecule has 0 saturated heterocycles. The number of ether oxygens (including phenoxy) is 1. The molecule has 1 aromatic carbocycles. The van der Waals surface area contributed by atoms with E-state index in [1.165, 1.54) is 6.26 Å². The first-order valence-corrected chi connectivity index (χ1v) is 5.80. The van der Waals surface area contributed by atoms with Gasteiger partial charge in [0.15, 0.2) is 0 Å². The van der Waals surface area contributed by atoms with Crippen LogP contribution in [0.3, 0.4) is 0 Å². The number of carboxylic acid groups (broad SMARTS) is 1. The van der Waals surface area contributed by atoms with Crippen LogP contribution in [0, 0.1) is 6.92 Å². The van der Waals surface area contributed by atoms with Gasteiger partial charge in [0.05, 0.1) is 13.4 Å². The van der Waals surface area contributed by atoms with Crippen molar-refractivity contribution >= 4 is 11.7 Å². The van der Waals surface area contributed by atoms with Crippen molar-refractivity contribution in [2.24, 2.45) is 0 Å². The van der Waals surface area contributed by atoms with Crippen molar-refractivity contribution in [3.05, 3.63) is 47.4 Å². The molecule has 19 heavy (non-hydrogen) atoms. The highest BCUT2D eigenvalue weighted by molar-refractivity contribution is 5.86. The minimum Gasteiger partial charge on any atom is -0.497 e. The highest BCUT2D eigenvalue weighted by Gasteiger charge is 2.13. The summed E-state index contributed by atoms with van der Waals surface area (Å²) in [5.74, 6) is -0.301. The molecule has 0 aliphatic heterocycles. The Kier molecular flexibility index (Phi) is 3.75. The monoisotopic (exact) mass is 261 g/mol. The molecule has 2 aromatic rings. The summed E-state index contributed by atoms with van der Waals surface area (Å²) in [6.07, 6.45) is 1.38. The molecule has 0 unspecified atom stereocenters. The van der Waals surface area contributed by atoms with E-state index in [0.717, 1.165) is 17.0 Å². The topological polar surface area (TPSA) is 71.7 Å². The molecule has 0 bridgehead atoms. The number of nitrogens with one attached hydrogen (secondary N) is 1. The minimum atomic E-state index is -1.06. The molecule has 0 aliphatic carbocycles. The predicted molar refractivity (Wildman–Crippen MR) is 70.7 cm³/mol. The summed E-state index contributed by atoms with van der Waals surface area (Å²) in [7, 11) is 1.62. The zero-order valence-corrected chi connectivity index (χ0v) is 10.8. The Balaban J connectivity index is 2.10. The second kappa shape index (κ2) is 5.48. The van der Waals surface area contributed by atoms with E-state index in [0.29, 0.717) is 12.1 Å². The molecule has 0 atom stereocenters. The highest BCUT2D eigenvalue weighted by Crippen LogP contribution is 2.22. The third-order valence-electron chi connectivity index (χ3n) is 2.84. The number of carboxylic acids is 1. The van der Waals surface area contributed by atoms with Crippen LogP contribution in [0.15, 0.2) is 34.9 Å². The van der Waals surface area contributed by atoms with Gasteiger partial charge in [0.1, 0.15) is 5.75 Å². The largest absolute Gasteiger partial charge is 0.497 e. The third-order valence-corrected chi connectivity index (χ3v) is 2.84. The maximum absolute atomic E-state index is 10.9. The van der Waals surface area contributed by atoms with Crippen LogP contribution in [0.5, 0.6) is 5.75 Å². The van der Waals surface area contributed by atoms with Crippen molar-refractivity contribution < 1.29 is 19.1 Å². The Labute approximate surface area is 110 Å². The fraction of sp³-hybridized carbons (Fsp3) is 0.214. The van der Waals surface area contributed by atoms with Crippen LogP contribution < -0.4 is 10.1 Å². The first kappa shape index (κ1) is 13.0. The maximum Gasteiger partial charge on any atom is 0.372 e. The first-order chi connectivity index (χ1) is 9.11. The van der Waals surface area contributed by atoms with Crippen molar-refractivity contribution in [1.29, 1.82) is 0 Å². The average molecular weight is 261 g/mol. The molecular formula is C14H15NO4. The van der Waals surface area contributed by atoms with Gasteiger partial charge >= 0.3 is 5.97 Å². The van der Waals surface area contributed by atoms with Crippen LogP contribution in [-0.4, -0.2) is 18.2 Å². The second-order valence-electron chi connectivity index (χ2n) is 4.11. The average Bonchev–Trinajstić information content (AvgIpc) is 2.85. The van der Waals surface area contributed by atoms with Crippen molar-refractivity contribution in [2.45, 2.75) is 13.5 Å². The van der Waals surface area contributed by atoms with Crippen LogP contribution in [0.1, 0.15) is 21.7 Å². The van der Waals surface area contributed by atoms with E-state index >= 15 is 0 Å². The summed E-state index contributed by atoms with van der Waals surface area (Å²) in [4.78, 5) is 10.9. The summed E-state index contributed by atoms with van der Waals surface area (Å²) >= 11 is 0. The van der Waals surface area contributed by atoms with E-state index in [1.54, 1.807) is 13.2 Å². The quantitative estimate of drug-likeness (QED) is 0.865. The second-order valence-corrected chi connectivity index (χ2v) is 4.11. The van der Waals surface area contributed by atoms with Gasteiger partial charge < -0.3 is 19.6 Å². The van der Waals surface area contributed by atoms with Gasteiger partial charge in [-0.1, -0.05) is 0 Å². The molecule has 5 heteroatoms. The van der Waals surface area contributed by atoms with Crippen LogP contribution in [0.2, 0.25) is 0 Å². The number of rotatable bonds is 5. The van der Waals surface area contributed by atoms with Crippen molar-refractivity contribution in [2.75, 3.05) is 12.4 Å². The lowest BCUT2D eigenvalue weighted by Gasteiger charge is -2.10. The molecule has 2 N–H and O–H groups in total. The number of furan rings is 1. The van der Waals surface area contributed by atoms with Gasteiger partial charge in [-0.05, 0) is 36.8 Å². The Hall–Kier alpha value is -2.43. The van der Waals surface area contributed by atoms with Crippen LogP contribution in [0.25, 0.3) is 0 Å². The fourth-order valence-corrected chi connectivity index (χ4v) is 1.81. The molecule has 0 saturated carbocycles. The Bertz CT molecular complexity index is 589. The predicted octanol–water partition coefficient (Wildman–Crippen LogP) is 2.91. The van der Waals surface area contributed by atoms with E-state index in [-0.39, 0.29) is 5.76 Å².